The molecule has 0 bridgehead atoms. The van der Waals surface area contributed by atoms with Gasteiger partial charge in [-0.05, 0) is 0 Å². The van der Waals surface area contributed by atoms with E-state index in [-0.39, 0.29) is 45.6 Å². The van der Waals surface area contributed by atoms with E-state index in [0.29, 0.717) is 13.2 Å². The first-order chi connectivity index (χ1) is 9.34. The minimum atomic E-state index is -0.618. The molecule has 0 atom stereocenters. The van der Waals surface area contributed by atoms with E-state index in [9.17, 15) is 0 Å². The van der Waals surface area contributed by atoms with Crippen LogP contribution < -0.4 is 0 Å². The summed E-state index contributed by atoms with van der Waals surface area (Å²) in [6, 6.07) is 0. The second kappa shape index (κ2) is 9.65. The predicted octanol–water partition coefficient (Wildman–Crippen LogP) is -0.362. The smallest absolute Gasteiger partial charge is 0.0564 e. The van der Waals surface area contributed by atoms with Crippen molar-refractivity contribution in [3.8, 4) is 0 Å². The molecule has 0 radical (unpaired) electrons. The lowest BCUT2D eigenvalue weighted by Crippen LogP contribution is -2.33. The zero-order valence-electron chi connectivity index (χ0n) is 12.8. The lowest BCUT2D eigenvalue weighted by Gasteiger charge is -2.26. The van der Waals surface area contributed by atoms with Crippen LogP contribution in [0.3, 0.4) is 0 Å². The molecule has 20 heavy (non-hydrogen) atoms. The number of aliphatic hydroxyl groups is 4. The Morgan fingerprint density at radius 3 is 1.30 bits per heavy atom. The number of hydrogen-bond donors (Lipinski definition) is 4. The van der Waals surface area contributed by atoms with Gasteiger partial charge in [0.2, 0.25) is 0 Å². The molecule has 0 spiro atoms. The summed E-state index contributed by atoms with van der Waals surface area (Å²) in [6.45, 7) is 6.47. The van der Waals surface area contributed by atoms with Crippen LogP contribution in [0.5, 0.6) is 0 Å². The maximum Gasteiger partial charge on any atom is 0.0564 e. The minimum Gasteiger partial charge on any atom is -0.396 e. The monoisotopic (exact) mass is 294 g/mol. The van der Waals surface area contributed by atoms with Crippen molar-refractivity contribution in [1.82, 2.24) is 0 Å². The molecule has 0 aliphatic heterocycles. The van der Waals surface area contributed by atoms with E-state index in [1.54, 1.807) is 13.8 Å². The third-order valence-corrected chi connectivity index (χ3v) is 3.23. The lowest BCUT2D eigenvalue weighted by atomic mass is 9.94. The quantitative estimate of drug-likeness (QED) is 0.392. The van der Waals surface area contributed by atoms with Gasteiger partial charge in [-0.3, -0.25) is 0 Å². The SMILES string of the molecule is CC(COCC(C)(CO)CO)COCC(C)(CO)CO. The highest BCUT2D eigenvalue weighted by Crippen LogP contribution is 2.16. The van der Waals surface area contributed by atoms with E-state index >= 15 is 0 Å². The third-order valence-electron chi connectivity index (χ3n) is 3.23. The van der Waals surface area contributed by atoms with Gasteiger partial charge in [0.05, 0.1) is 52.9 Å². The van der Waals surface area contributed by atoms with Crippen molar-refractivity contribution >= 4 is 0 Å². The van der Waals surface area contributed by atoms with Crippen LogP contribution in [0, 0.1) is 16.7 Å². The first-order valence-corrected chi connectivity index (χ1v) is 6.93. The first-order valence-electron chi connectivity index (χ1n) is 6.93. The zero-order valence-corrected chi connectivity index (χ0v) is 12.8. The van der Waals surface area contributed by atoms with Gasteiger partial charge in [-0.25, -0.2) is 0 Å². The highest BCUT2D eigenvalue weighted by atomic mass is 16.5. The molecular formula is C14H30O6. The Labute approximate surface area is 121 Å². The second-order valence-corrected chi connectivity index (χ2v) is 6.39. The molecular weight excluding hydrogens is 264 g/mol. The van der Waals surface area contributed by atoms with Crippen LogP contribution in [0.25, 0.3) is 0 Å². The first kappa shape index (κ1) is 19.8. The Kier molecular flexibility index (Phi) is 9.54. The van der Waals surface area contributed by atoms with E-state index in [1.165, 1.54) is 0 Å². The van der Waals surface area contributed by atoms with Gasteiger partial charge in [-0.1, -0.05) is 20.8 Å². The van der Waals surface area contributed by atoms with E-state index in [4.69, 9.17) is 29.9 Å². The van der Waals surface area contributed by atoms with Gasteiger partial charge in [0, 0.05) is 16.7 Å². The normalized spacial score (nSPS) is 13.2. The van der Waals surface area contributed by atoms with E-state index < -0.39 is 10.8 Å². The van der Waals surface area contributed by atoms with Crippen LogP contribution in [-0.4, -0.2) is 73.3 Å². The largest absolute Gasteiger partial charge is 0.396 e. The summed E-state index contributed by atoms with van der Waals surface area (Å²) >= 11 is 0. The minimum absolute atomic E-state index is 0.125. The van der Waals surface area contributed by atoms with E-state index in [2.05, 4.69) is 0 Å². The fourth-order valence-electron chi connectivity index (χ4n) is 1.34. The molecule has 6 heteroatoms. The number of rotatable bonds is 12. The van der Waals surface area contributed by atoms with E-state index in [1.807, 2.05) is 6.92 Å². The van der Waals surface area contributed by atoms with Crippen LogP contribution in [0.4, 0.5) is 0 Å². The predicted molar refractivity (Wildman–Crippen MR) is 75.4 cm³/mol. The summed E-state index contributed by atoms with van der Waals surface area (Å²) in [5.41, 5.74) is -1.24. The van der Waals surface area contributed by atoms with Crippen LogP contribution in [0.1, 0.15) is 20.8 Å². The summed E-state index contributed by atoms with van der Waals surface area (Å²) in [5, 5.41) is 36.5. The highest BCUT2D eigenvalue weighted by Gasteiger charge is 2.24. The molecule has 0 heterocycles. The summed E-state index contributed by atoms with van der Waals surface area (Å²) < 4.78 is 11.0. The topological polar surface area (TPSA) is 99.4 Å². The van der Waals surface area contributed by atoms with Crippen LogP contribution in [0.15, 0.2) is 0 Å². The van der Waals surface area contributed by atoms with Crippen molar-refractivity contribution in [1.29, 1.82) is 0 Å². The summed E-state index contributed by atoms with van der Waals surface area (Å²) in [6.07, 6.45) is 0. The Morgan fingerprint density at radius 1 is 0.750 bits per heavy atom. The van der Waals surface area contributed by atoms with Crippen molar-refractivity contribution in [2.24, 2.45) is 16.7 Å². The lowest BCUT2D eigenvalue weighted by molar-refractivity contribution is -0.0502. The molecule has 0 saturated carbocycles. The molecule has 0 aromatic rings. The Balaban J connectivity index is 3.82. The average Bonchev–Trinajstić information content (AvgIpc) is 2.46. The molecule has 4 N–H and O–H groups in total. The van der Waals surface area contributed by atoms with Crippen molar-refractivity contribution in [2.75, 3.05) is 52.9 Å². The number of ether oxygens (including phenoxy) is 2. The summed E-state index contributed by atoms with van der Waals surface area (Å²) in [4.78, 5) is 0. The Hall–Kier alpha value is -0.240. The van der Waals surface area contributed by atoms with Crippen molar-refractivity contribution in [3.05, 3.63) is 0 Å². The average molecular weight is 294 g/mol. The van der Waals surface area contributed by atoms with Gasteiger partial charge in [0.1, 0.15) is 0 Å². The highest BCUT2D eigenvalue weighted by molar-refractivity contribution is 4.72. The summed E-state index contributed by atoms with van der Waals surface area (Å²) in [5.74, 6) is 0.151. The summed E-state index contributed by atoms with van der Waals surface area (Å²) in [7, 11) is 0. The standard InChI is InChI=1S/C14H30O6/c1-12(4-19-10-13(2,6-15)7-16)5-20-11-14(3,8-17)9-18/h12,15-18H,4-11H2,1-3H3. The maximum atomic E-state index is 9.12. The van der Waals surface area contributed by atoms with Gasteiger partial charge in [-0.15, -0.1) is 0 Å². The van der Waals surface area contributed by atoms with Crippen LogP contribution in [0.2, 0.25) is 0 Å². The molecule has 0 rings (SSSR count). The third kappa shape index (κ3) is 7.52. The molecule has 0 aliphatic carbocycles. The van der Waals surface area contributed by atoms with Crippen LogP contribution >= 0.6 is 0 Å². The van der Waals surface area contributed by atoms with Gasteiger partial charge >= 0.3 is 0 Å². The molecule has 0 aliphatic rings. The van der Waals surface area contributed by atoms with Crippen molar-refractivity contribution in [3.63, 3.8) is 0 Å². The van der Waals surface area contributed by atoms with Gasteiger partial charge < -0.3 is 29.9 Å². The van der Waals surface area contributed by atoms with E-state index in [0.717, 1.165) is 0 Å². The fourth-order valence-corrected chi connectivity index (χ4v) is 1.34. The number of hydrogen-bond acceptors (Lipinski definition) is 6. The molecule has 122 valence electrons. The van der Waals surface area contributed by atoms with Crippen molar-refractivity contribution < 1.29 is 29.9 Å². The van der Waals surface area contributed by atoms with Crippen molar-refractivity contribution in [2.45, 2.75) is 20.8 Å². The second-order valence-electron chi connectivity index (χ2n) is 6.39. The molecule has 0 saturated heterocycles. The molecule has 0 unspecified atom stereocenters. The molecule has 0 amide bonds. The van der Waals surface area contributed by atoms with Gasteiger partial charge in [0.15, 0.2) is 0 Å². The maximum absolute atomic E-state index is 9.12. The van der Waals surface area contributed by atoms with Crippen LogP contribution in [-0.2, 0) is 9.47 Å². The van der Waals surface area contributed by atoms with Gasteiger partial charge in [-0.2, -0.15) is 0 Å². The molecule has 6 nitrogen and oxygen atoms in total. The Bertz CT molecular complexity index is 214. The zero-order chi connectivity index (χ0) is 15.6. The number of aliphatic hydroxyl groups excluding tert-OH is 4. The Morgan fingerprint density at radius 2 is 1.05 bits per heavy atom. The molecule has 0 fully saturated rings. The molecule has 0 aromatic heterocycles. The van der Waals surface area contributed by atoms with Gasteiger partial charge in [0.25, 0.3) is 0 Å². The fraction of sp³-hybridized carbons (Fsp3) is 1.00. The molecule has 0 aromatic carbocycles.